The lowest BCUT2D eigenvalue weighted by molar-refractivity contribution is -0.138. The zero-order chi connectivity index (χ0) is 24.1. The zero-order valence-electron chi connectivity index (χ0n) is 18.1. The summed E-state index contributed by atoms with van der Waals surface area (Å²) in [6.45, 7) is 2.31. The average Bonchev–Trinajstić information content (AvgIpc) is 2.84. The Labute approximate surface area is 191 Å². The molecule has 1 aliphatic rings. The number of rotatable bonds is 7. The number of carbonyl (C=O) groups is 1. The number of carbonyl (C=O) groups excluding carboxylic acids is 1. The molecule has 1 aromatic carbocycles. The van der Waals surface area contributed by atoms with Crippen LogP contribution in [0.1, 0.15) is 17.5 Å². The van der Waals surface area contributed by atoms with Crippen LogP contribution < -0.4 is 10.5 Å². The van der Waals surface area contributed by atoms with Crippen LogP contribution in [0.3, 0.4) is 0 Å². The van der Waals surface area contributed by atoms with Crippen molar-refractivity contribution in [3.63, 3.8) is 0 Å². The van der Waals surface area contributed by atoms with Crippen molar-refractivity contribution >= 4 is 22.8 Å². The lowest BCUT2D eigenvalue weighted by atomic mass is 10.1. The number of fused-ring (bicyclic) bond motifs is 1. The molecule has 4 rings (SSSR count). The summed E-state index contributed by atoms with van der Waals surface area (Å²) in [6, 6.07) is 5.30. The van der Waals surface area contributed by atoms with E-state index >= 15 is 0 Å². The number of piperazine rings is 1. The largest absolute Gasteiger partial charge is 0.419 e. The lowest BCUT2D eigenvalue weighted by Gasteiger charge is -2.34. The fraction of sp³-hybridized carbons (Fsp3) is 0.429. The van der Waals surface area contributed by atoms with E-state index in [2.05, 4.69) is 25.4 Å². The molecule has 3 aromatic rings. The maximum Gasteiger partial charge on any atom is 0.419 e. The average molecular weight is 477 g/mol. The van der Waals surface area contributed by atoms with E-state index in [9.17, 15) is 22.8 Å². The molecule has 0 bridgehead atoms. The number of amides is 1. The molecular weight excluding hydrogens is 455 g/mol. The summed E-state index contributed by atoms with van der Waals surface area (Å²) in [5.74, 6) is 0.152. The third kappa shape index (κ3) is 5.47. The predicted octanol–water partition coefficient (Wildman–Crippen LogP) is 1.42. The van der Waals surface area contributed by atoms with Crippen molar-refractivity contribution in [2.75, 3.05) is 44.3 Å². The van der Waals surface area contributed by atoms with Crippen molar-refractivity contribution in [3.8, 4) is 0 Å². The summed E-state index contributed by atoms with van der Waals surface area (Å²) < 4.78 is 43.6. The zero-order valence-corrected chi connectivity index (χ0v) is 18.1. The van der Waals surface area contributed by atoms with Gasteiger partial charge in [-0.1, -0.05) is 17.3 Å². The van der Waals surface area contributed by atoms with E-state index in [1.54, 1.807) is 21.9 Å². The van der Waals surface area contributed by atoms with Gasteiger partial charge in [-0.3, -0.25) is 9.59 Å². The molecule has 0 aliphatic carbocycles. The second-order valence-corrected chi connectivity index (χ2v) is 7.70. The Balaban J connectivity index is 1.19. The summed E-state index contributed by atoms with van der Waals surface area (Å²) in [7, 11) is 0. The number of H-pyrrole nitrogens is 1. The molecule has 13 heteroatoms. The summed E-state index contributed by atoms with van der Waals surface area (Å²) in [6.07, 6.45) is -2.21. The van der Waals surface area contributed by atoms with Gasteiger partial charge in [0, 0.05) is 38.6 Å². The van der Waals surface area contributed by atoms with Crippen molar-refractivity contribution in [2.24, 2.45) is 0 Å². The Morgan fingerprint density at radius 1 is 1.09 bits per heavy atom. The molecule has 1 saturated heterocycles. The first-order chi connectivity index (χ1) is 16.3. The number of nitrogens with one attached hydrogen (secondary N) is 1. The molecular formula is C21H22F3N7O3. The number of nitrogens with zero attached hydrogens (tertiary/aromatic N) is 6. The topological polar surface area (TPSA) is 117 Å². The van der Waals surface area contributed by atoms with Gasteiger partial charge in [-0.2, -0.15) is 13.2 Å². The number of anilines is 1. The minimum atomic E-state index is -4.48. The van der Waals surface area contributed by atoms with Crippen LogP contribution in [-0.2, 0) is 22.1 Å². The minimum Gasteiger partial charge on any atom is -0.381 e. The molecule has 0 radical (unpaired) electrons. The molecule has 1 N–H and O–H groups in total. The number of aromatic amines is 1. The second kappa shape index (κ2) is 10.1. The van der Waals surface area contributed by atoms with Gasteiger partial charge < -0.3 is 14.5 Å². The number of halogens is 3. The molecule has 2 aromatic heterocycles. The Kier molecular flexibility index (Phi) is 7.01. The van der Waals surface area contributed by atoms with E-state index in [4.69, 9.17) is 4.74 Å². The van der Waals surface area contributed by atoms with Gasteiger partial charge in [0.15, 0.2) is 0 Å². The highest BCUT2D eigenvalue weighted by molar-refractivity contribution is 5.80. The Bertz CT molecular complexity index is 1190. The van der Waals surface area contributed by atoms with Gasteiger partial charge in [-0.15, -0.1) is 5.10 Å². The molecule has 180 valence electrons. The van der Waals surface area contributed by atoms with E-state index in [1.165, 1.54) is 0 Å². The first kappa shape index (κ1) is 23.5. The smallest absolute Gasteiger partial charge is 0.381 e. The molecule has 34 heavy (non-hydrogen) atoms. The first-order valence-corrected chi connectivity index (χ1v) is 10.7. The van der Waals surface area contributed by atoms with Crippen LogP contribution in [0.2, 0.25) is 0 Å². The van der Waals surface area contributed by atoms with Crippen molar-refractivity contribution in [2.45, 2.75) is 19.0 Å². The third-order valence-electron chi connectivity index (χ3n) is 5.52. The van der Waals surface area contributed by atoms with Crippen LogP contribution in [0.15, 0.2) is 35.4 Å². The van der Waals surface area contributed by atoms with E-state index < -0.39 is 11.7 Å². The van der Waals surface area contributed by atoms with Crippen LogP contribution in [0.4, 0.5) is 19.1 Å². The molecule has 3 heterocycles. The van der Waals surface area contributed by atoms with Crippen LogP contribution in [0.25, 0.3) is 10.9 Å². The van der Waals surface area contributed by atoms with Crippen LogP contribution >= 0.6 is 0 Å². The normalized spacial score (nSPS) is 14.6. The van der Waals surface area contributed by atoms with Crippen molar-refractivity contribution in [1.29, 1.82) is 0 Å². The number of ether oxygens (including phenoxy) is 1. The van der Waals surface area contributed by atoms with E-state index in [0.29, 0.717) is 50.1 Å². The predicted molar refractivity (Wildman–Crippen MR) is 115 cm³/mol. The van der Waals surface area contributed by atoms with Crippen molar-refractivity contribution in [1.82, 2.24) is 30.3 Å². The summed E-state index contributed by atoms with van der Waals surface area (Å²) in [5.41, 5.74) is 0.167. The van der Waals surface area contributed by atoms with Gasteiger partial charge in [-0.05, 0) is 18.1 Å². The molecule has 0 saturated carbocycles. The van der Waals surface area contributed by atoms with Crippen LogP contribution in [-0.4, -0.2) is 75.6 Å². The third-order valence-corrected chi connectivity index (χ3v) is 5.52. The summed E-state index contributed by atoms with van der Waals surface area (Å²) >= 11 is 0. The second-order valence-electron chi connectivity index (χ2n) is 7.70. The molecule has 1 amide bonds. The van der Waals surface area contributed by atoms with Gasteiger partial charge in [0.25, 0.3) is 5.56 Å². The molecule has 0 unspecified atom stereocenters. The number of hydrogen-bond acceptors (Lipinski definition) is 8. The highest BCUT2D eigenvalue weighted by atomic mass is 19.4. The Morgan fingerprint density at radius 3 is 2.53 bits per heavy atom. The molecule has 0 atom stereocenters. The van der Waals surface area contributed by atoms with E-state index in [0.717, 1.165) is 18.0 Å². The highest BCUT2D eigenvalue weighted by Gasteiger charge is 2.32. The Morgan fingerprint density at radius 2 is 1.82 bits per heavy atom. The van der Waals surface area contributed by atoms with Crippen LogP contribution in [0, 0.1) is 0 Å². The molecule has 1 aliphatic heterocycles. The number of benzene rings is 1. The lowest BCUT2D eigenvalue weighted by Crippen LogP contribution is -2.49. The van der Waals surface area contributed by atoms with Crippen molar-refractivity contribution in [3.05, 3.63) is 52.1 Å². The molecule has 10 nitrogen and oxygen atoms in total. The van der Waals surface area contributed by atoms with E-state index in [1.807, 2.05) is 6.07 Å². The fourth-order valence-electron chi connectivity index (χ4n) is 3.66. The molecule has 0 spiro atoms. The maximum atomic E-state index is 12.6. The standard InChI is InChI=1S/C21H22F3N7O3/c22-21(23,24)15-12-25-20(26-13-15)31-8-6-30(7-9-31)17(32)5-11-34-10-4-14-2-1-3-16-18(14)27-29-28-19(16)33/h1-3,12-13H,4-11H2,(H,27,28,33). The monoisotopic (exact) mass is 477 g/mol. The number of hydrogen-bond donors (Lipinski definition) is 1. The van der Waals surface area contributed by atoms with E-state index in [-0.39, 0.29) is 30.4 Å². The molecule has 1 fully saturated rings. The first-order valence-electron chi connectivity index (χ1n) is 10.7. The number of aromatic nitrogens is 5. The summed E-state index contributed by atoms with van der Waals surface area (Å²) in [5, 5.41) is 10.3. The fourth-order valence-corrected chi connectivity index (χ4v) is 3.66. The van der Waals surface area contributed by atoms with Crippen molar-refractivity contribution < 1.29 is 22.7 Å². The van der Waals surface area contributed by atoms with Gasteiger partial charge >= 0.3 is 6.18 Å². The van der Waals surface area contributed by atoms with Gasteiger partial charge in [0.2, 0.25) is 11.9 Å². The van der Waals surface area contributed by atoms with Gasteiger partial charge in [0.1, 0.15) is 5.52 Å². The maximum absolute atomic E-state index is 12.6. The van der Waals surface area contributed by atoms with Crippen LogP contribution in [0.5, 0.6) is 0 Å². The minimum absolute atomic E-state index is 0.0597. The Hall–Kier alpha value is -3.61. The highest BCUT2D eigenvalue weighted by Crippen LogP contribution is 2.28. The number of alkyl halides is 3. The van der Waals surface area contributed by atoms with Gasteiger partial charge in [-0.25, -0.2) is 15.1 Å². The SMILES string of the molecule is O=C(CCOCCc1cccc2c(=O)[nH]nnc12)N1CCN(c2ncc(C(F)(F)F)cn2)CC1. The van der Waals surface area contributed by atoms with Gasteiger partial charge in [0.05, 0.1) is 30.6 Å². The quantitative estimate of drug-likeness (QED) is 0.508. The summed E-state index contributed by atoms with van der Waals surface area (Å²) in [4.78, 5) is 35.3.